The molecule has 1 atom stereocenters. The van der Waals surface area contributed by atoms with Crippen LogP contribution >= 0.6 is 0 Å². The average molecular weight is 370 g/mol. The van der Waals surface area contributed by atoms with Crippen molar-refractivity contribution in [2.24, 2.45) is 5.92 Å². The molecule has 140 valence electrons. The first-order chi connectivity index (χ1) is 12.9. The number of carbonyl (C=O) groups is 2. The van der Waals surface area contributed by atoms with Gasteiger partial charge in [0.05, 0.1) is 5.56 Å². The molecule has 10 nitrogen and oxygen atoms in total. The number of aromatic amines is 1. The van der Waals surface area contributed by atoms with Crippen LogP contribution in [0.1, 0.15) is 52.9 Å². The first kappa shape index (κ1) is 18.2. The SMILES string of the molecule is CC(C)CC(NC(=O)c1ccc(C(=O)O)cc1)c1nc(-c2ncn[nH]2)no1. The molecule has 0 aliphatic heterocycles. The summed E-state index contributed by atoms with van der Waals surface area (Å²) in [5.41, 5.74) is 0.447. The highest BCUT2D eigenvalue weighted by Crippen LogP contribution is 2.22. The Morgan fingerprint density at radius 3 is 2.52 bits per heavy atom. The Bertz CT molecular complexity index is 917. The number of carboxylic acid groups (broad SMARTS) is 1. The number of nitrogens with one attached hydrogen (secondary N) is 2. The number of aromatic carboxylic acids is 1. The molecule has 0 fully saturated rings. The number of hydrogen-bond acceptors (Lipinski definition) is 7. The Balaban J connectivity index is 1.78. The second-order valence-electron chi connectivity index (χ2n) is 6.33. The minimum Gasteiger partial charge on any atom is -0.478 e. The van der Waals surface area contributed by atoms with Crippen molar-refractivity contribution in [3.05, 3.63) is 47.6 Å². The van der Waals surface area contributed by atoms with Crippen LogP contribution in [0, 0.1) is 5.92 Å². The average Bonchev–Trinajstić information content (AvgIpc) is 3.32. The summed E-state index contributed by atoms with van der Waals surface area (Å²) in [6.45, 7) is 4.02. The molecule has 2 heterocycles. The summed E-state index contributed by atoms with van der Waals surface area (Å²) in [5, 5.41) is 22.1. The molecule has 3 aromatic rings. The van der Waals surface area contributed by atoms with Crippen LogP contribution in [0.5, 0.6) is 0 Å². The van der Waals surface area contributed by atoms with Crippen LogP contribution in [0.3, 0.4) is 0 Å². The van der Waals surface area contributed by atoms with Gasteiger partial charge in [-0.25, -0.2) is 9.78 Å². The molecule has 0 aliphatic carbocycles. The molecule has 0 aliphatic rings. The zero-order valence-corrected chi connectivity index (χ0v) is 14.7. The number of rotatable bonds is 7. The van der Waals surface area contributed by atoms with E-state index >= 15 is 0 Å². The van der Waals surface area contributed by atoms with Gasteiger partial charge >= 0.3 is 5.97 Å². The van der Waals surface area contributed by atoms with Crippen molar-refractivity contribution in [1.82, 2.24) is 30.6 Å². The molecule has 0 saturated heterocycles. The van der Waals surface area contributed by atoms with Gasteiger partial charge in [0.1, 0.15) is 12.4 Å². The highest BCUT2D eigenvalue weighted by atomic mass is 16.5. The molecule has 27 heavy (non-hydrogen) atoms. The molecule has 0 bridgehead atoms. The monoisotopic (exact) mass is 370 g/mol. The number of H-pyrrole nitrogens is 1. The topological polar surface area (TPSA) is 147 Å². The summed E-state index contributed by atoms with van der Waals surface area (Å²) in [7, 11) is 0. The highest BCUT2D eigenvalue weighted by Gasteiger charge is 2.24. The van der Waals surface area contributed by atoms with Crippen molar-refractivity contribution in [2.75, 3.05) is 0 Å². The predicted molar refractivity (Wildman–Crippen MR) is 92.7 cm³/mol. The number of hydrogen-bond donors (Lipinski definition) is 3. The molecule has 1 amide bonds. The zero-order valence-electron chi connectivity index (χ0n) is 14.7. The van der Waals surface area contributed by atoms with Gasteiger partial charge in [-0.05, 0) is 36.6 Å². The van der Waals surface area contributed by atoms with Crippen LogP contribution < -0.4 is 5.32 Å². The van der Waals surface area contributed by atoms with Crippen LogP contribution in [0.25, 0.3) is 11.6 Å². The van der Waals surface area contributed by atoms with Gasteiger partial charge in [-0.1, -0.05) is 19.0 Å². The van der Waals surface area contributed by atoms with E-state index in [0.29, 0.717) is 17.8 Å². The first-order valence-corrected chi connectivity index (χ1v) is 8.27. The predicted octanol–water partition coefficient (Wildman–Crippen LogP) is 2.07. The third-order valence-corrected chi connectivity index (χ3v) is 3.77. The number of benzene rings is 1. The van der Waals surface area contributed by atoms with Crippen molar-refractivity contribution in [2.45, 2.75) is 26.3 Å². The summed E-state index contributed by atoms with van der Waals surface area (Å²) in [6, 6.07) is 5.17. The molecule has 3 rings (SSSR count). The Labute approximate surface area is 154 Å². The fourth-order valence-corrected chi connectivity index (χ4v) is 2.48. The maximum absolute atomic E-state index is 12.5. The van der Waals surface area contributed by atoms with Crippen LogP contribution in [0.15, 0.2) is 35.1 Å². The lowest BCUT2D eigenvalue weighted by atomic mass is 10.0. The molecule has 0 saturated carbocycles. The summed E-state index contributed by atoms with van der Waals surface area (Å²) in [4.78, 5) is 31.7. The van der Waals surface area contributed by atoms with E-state index < -0.39 is 12.0 Å². The van der Waals surface area contributed by atoms with E-state index in [4.69, 9.17) is 9.63 Å². The van der Waals surface area contributed by atoms with E-state index in [1.54, 1.807) is 0 Å². The van der Waals surface area contributed by atoms with Crippen molar-refractivity contribution in [3.8, 4) is 11.6 Å². The third kappa shape index (κ3) is 4.35. The molecule has 10 heteroatoms. The fraction of sp³-hybridized carbons (Fsp3) is 0.294. The first-order valence-electron chi connectivity index (χ1n) is 8.27. The van der Waals surface area contributed by atoms with E-state index in [9.17, 15) is 9.59 Å². The van der Waals surface area contributed by atoms with E-state index in [2.05, 4.69) is 30.6 Å². The van der Waals surface area contributed by atoms with Crippen LogP contribution in [0.4, 0.5) is 0 Å². The van der Waals surface area contributed by atoms with Crippen molar-refractivity contribution < 1.29 is 19.2 Å². The quantitative estimate of drug-likeness (QED) is 0.572. The van der Waals surface area contributed by atoms with Gasteiger partial charge in [-0.15, -0.1) is 0 Å². The van der Waals surface area contributed by atoms with Crippen molar-refractivity contribution in [1.29, 1.82) is 0 Å². The normalized spacial score (nSPS) is 12.1. The lowest BCUT2D eigenvalue weighted by Crippen LogP contribution is -2.29. The number of carbonyl (C=O) groups excluding carboxylic acids is 1. The minimum absolute atomic E-state index is 0.110. The summed E-state index contributed by atoms with van der Waals surface area (Å²) < 4.78 is 5.30. The Morgan fingerprint density at radius 2 is 1.93 bits per heavy atom. The zero-order chi connectivity index (χ0) is 19.4. The molecular weight excluding hydrogens is 352 g/mol. The van der Waals surface area contributed by atoms with E-state index in [-0.39, 0.29) is 29.1 Å². The number of aromatic nitrogens is 5. The number of carboxylic acids is 1. The highest BCUT2D eigenvalue weighted by molar-refractivity contribution is 5.96. The van der Waals surface area contributed by atoms with Crippen molar-refractivity contribution in [3.63, 3.8) is 0 Å². The molecule has 0 radical (unpaired) electrons. The largest absolute Gasteiger partial charge is 0.478 e. The van der Waals surface area contributed by atoms with E-state index in [1.807, 2.05) is 13.8 Å². The van der Waals surface area contributed by atoms with E-state index in [0.717, 1.165) is 0 Å². The molecule has 1 unspecified atom stereocenters. The van der Waals surface area contributed by atoms with Gasteiger partial charge in [-0.3, -0.25) is 9.89 Å². The fourth-order valence-electron chi connectivity index (χ4n) is 2.48. The molecule has 3 N–H and O–H groups in total. The van der Waals surface area contributed by atoms with Gasteiger partial charge in [0.25, 0.3) is 5.91 Å². The van der Waals surface area contributed by atoms with Gasteiger partial charge in [0.15, 0.2) is 5.82 Å². The lowest BCUT2D eigenvalue weighted by Gasteiger charge is -2.17. The molecule has 0 spiro atoms. The standard InChI is InChI=1S/C17H18N6O4/c1-9(2)7-12(16-21-14(23-27-16)13-18-8-19-22-13)20-15(24)10-3-5-11(6-4-10)17(25)26/h3-6,8-9,12H,7H2,1-2H3,(H,20,24)(H,25,26)(H,18,19,22). The van der Waals surface area contributed by atoms with Crippen LogP contribution in [-0.4, -0.2) is 42.3 Å². The summed E-state index contributed by atoms with van der Waals surface area (Å²) in [5.74, 6) is -0.293. The molecule has 1 aromatic carbocycles. The molecule has 2 aromatic heterocycles. The molecular formula is C17H18N6O4. The second-order valence-corrected chi connectivity index (χ2v) is 6.33. The maximum atomic E-state index is 12.5. The lowest BCUT2D eigenvalue weighted by molar-refractivity contribution is 0.0696. The number of nitrogens with zero attached hydrogens (tertiary/aromatic N) is 4. The second kappa shape index (κ2) is 7.77. The smallest absolute Gasteiger partial charge is 0.335 e. The Hall–Kier alpha value is -3.56. The van der Waals surface area contributed by atoms with Gasteiger partial charge in [-0.2, -0.15) is 10.1 Å². The maximum Gasteiger partial charge on any atom is 0.335 e. The third-order valence-electron chi connectivity index (χ3n) is 3.77. The van der Waals surface area contributed by atoms with Crippen molar-refractivity contribution >= 4 is 11.9 Å². The van der Waals surface area contributed by atoms with Crippen LogP contribution in [0.2, 0.25) is 0 Å². The van der Waals surface area contributed by atoms with Crippen LogP contribution in [-0.2, 0) is 0 Å². The minimum atomic E-state index is -1.05. The summed E-state index contributed by atoms with van der Waals surface area (Å²) >= 11 is 0. The van der Waals surface area contributed by atoms with E-state index in [1.165, 1.54) is 30.6 Å². The van der Waals surface area contributed by atoms with Gasteiger partial charge in [0.2, 0.25) is 11.7 Å². The Kier molecular flexibility index (Phi) is 5.25. The summed E-state index contributed by atoms with van der Waals surface area (Å²) in [6.07, 6.45) is 1.91. The number of amides is 1. The van der Waals surface area contributed by atoms with Gasteiger partial charge in [0, 0.05) is 5.56 Å². The Morgan fingerprint density at radius 1 is 1.22 bits per heavy atom. The van der Waals surface area contributed by atoms with Gasteiger partial charge < -0.3 is 14.9 Å².